The zero-order chi connectivity index (χ0) is 36.1. The van der Waals surface area contributed by atoms with Crippen LogP contribution in [-0.2, 0) is 13.6 Å². The van der Waals surface area contributed by atoms with Gasteiger partial charge in [-0.1, -0.05) is 107 Å². The van der Waals surface area contributed by atoms with Crippen molar-refractivity contribution in [3.05, 3.63) is 66.2 Å². The normalized spacial score (nSPS) is 17.4. The third kappa shape index (κ3) is 10.5. The number of unbranched alkanes of at least 4 members (excludes halogenated alkanes) is 7. The van der Waals surface area contributed by atoms with E-state index in [1.54, 1.807) is 29.8 Å². The molecule has 2 aromatic heterocycles. The maximum atomic E-state index is 6.74. The van der Waals surface area contributed by atoms with Gasteiger partial charge in [-0.05, 0) is 80.6 Å². The van der Waals surface area contributed by atoms with Crippen LogP contribution in [0.4, 0.5) is 0 Å². The summed E-state index contributed by atoms with van der Waals surface area (Å²) in [5.41, 5.74) is 4.29. The monoisotopic (exact) mass is 747 g/mol. The van der Waals surface area contributed by atoms with Gasteiger partial charge in [-0.3, -0.25) is 0 Å². The molecular formula is C43H56O5PS2+. The number of hydrogen-bond donors (Lipinski definition) is 0. The number of hydrogen-bond acceptors (Lipinski definition) is 7. The van der Waals surface area contributed by atoms with Gasteiger partial charge in [0.05, 0.1) is 20.3 Å². The van der Waals surface area contributed by atoms with Crippen LogP contribution in [0.1, 0.15) is 111 Å². The van der Waals surface area contributed by atoms with Crippen LogP contribution in [0.3, 0.4) is 0 Å². The first kappa shape index (κ1) is 39.5. The first-order valence-corrected chi connectivity index (χ1v) is 22.2. The molecule has 2 aromatic carbocycles. The van der Waals surface area contributed by atoms with Crippen molar-refractivity contribution in [1.82, 2.24) is 0 Å². The van der Waals surface area contributed by atoms with Crippen LogP contribution in [0.15, 0.2) is 60.7 Å². The van der Waals surface area contributed by atoms with E-state index in [4.69, 9.17) is 23.0 Å². The number of benzene rings is 2. The minimum Gasteiger partial charge on any atom is -0.496 e. The SMILES string of the molecule is CCCCCCCCC#Cc1ccc(-c2ccc(-c3cc(OCC(CC)CCCC)c(-c4ccc([P+]5(OCC)OC(C)O5)s4)cc3OC)s2)cc1. The van der Waals surface area contributed by atoms with Crippen LogP contribution in [0.25, 0.3) is 31.3 Å². The molecule has 274 valence electrons. The summed E-state index contributed by atoms with van der Waals surface area (Å²) in [6.45, 7) is 11.9. The molecule has 0 radical (unpaired) electrons. The van der Waals surface area contributed by atoms with Gasteiger partial charge in [0.25, 0.3) is 6.29 Å². The lowest BCUT2D eigenvalue weighted by Gasteiger charge is -2.31. The van der Waals surface area contributed by atoms with E-state index in [1.165, 1.54) is 68.2 Å². The first-order valence-electron chi connectivity index (χ1n) is 19.0. The van der Waals surface area contributed by atoms with Gasteiger partial charge in [-0.15, -0.1) is 20.4 Å². The summed E-state index contributed by atoms with van der Waals surface area (Å²) < 4.78 is 32.0. The lowest BCUT2D eigenvalue weighted by Crippen LogP contribution is -2.33. The van der Waals surface area contributed by atoms with E-state index in [-0.39, 0.29) is 6.29 Å². The van der Waals surface area contributed by atoms with Crippen LogP contribution >= 0.6 is 30.6 Å². The predicted octanol–water partition coefficient (Wildman–Crippen LogP) is 13.3. The Kier molecular flexibility index (Phi) is 15.5. The molecule has 3 heterocycles. The van der Waals surface area contributed by atoms with Gasteiger partial charge in [-0.25, -0.2) is 0 Å². The van der Waals surface area contributed by atoms with Crippen LogP contribution in [0.2, 0.25) is 0 Å². The maximum Gasteiger partial charge on any atom is 0.465 e. The van der Waals surface area contributed by atoms with E-state index < -0.39 is 7.94 Å². The van der Waals surface area contributed by atoms with Gasteiger partial charge < -0.3 is 9.47 Å². The van der Waals surface area contributed by atoms with Crippen molar-refractivity contribution in [2.45, 2.75) is 112 Å². The van der Waals surface area contributed by atoms with Gasteiger partial charge in [0.2, 0.25) is 4.62 Å². The largest absolute Gasteiger partial charge is 0.496 e. The molecule has 5 nitrogen and oxygen atoms in total. The Labute approximate surface area is 315 Å². The van der Waals surface area contributed by atoms with Crippen molar-refractivity contribution in [2.24, 2.45) is 5.92 Å². The molecule has 1 fully saturated rings. The fourth-order valence-electron chi connectivity index (χ4n) is 6.27. The Bertz CT molecular complexity index is 1700. The average molecular weight is 748 g/mol. The highest BCUT2D eigenvalue weighted by atomic mass is 32.1. The van der Waals surface area contributed by atoms with E-state index in [1.807, 2.05) is 13.8 Å². The molecule has 1 atom stereocenters. The Morgan fingerprint density at radius 3 is 2.14 bits per heavy atom. The van der Waals surface area contributed by atoms with Gasteiger partial charge in [-0.2, -0.15) is 4.52 Å². The van der Waals surface area contributed by atoms with E-state index in [2.05, 4.69) is 93.3 Å². The molecule has 1 aliphatic rings. The van der Waals surface area contributed by atoms with E-state index >= 15 is 0 Å². The molecular weight excluding hydrogens is 692 g/mol. The van der Waals surface area contributed by atoms with Crippen molar-refractivity contribution in [2.75, 3.05) is 20.3 Å². The second-order valence-corrected chi connectivity index (χ2v) is 17.8. The molecule has 0 spiro atoms. The molecule has 51 heavy (non-hydrogen) atoms. The molecule has 0 saturated carbocycles. The Morgan fingerprint density at radius 2 is 1.43 bits per heavy atom. The van der Waals surface area contributed by atoms with Crippen LogP contribution in [-0.4, -0.2) is 26.6 Å². The third-order valence-electron chi connectivity index (χ3n) is 9.25. The van der Waals surface area contributed by atoms with Crippen molar-refractivity contribution in [3.63, 3.8) is 0 Å². The fourth-order valence-corrected chi connectivity index (χ4v) is 11.1. The number of methoxy groups -OCH3 is 1. The molecule has 0 aliphatic carbocycles. The zero-order valence-corrected chi connectivity index (χ0v) is 34.0. The number of ether oxygens (including phenoxy) is 2. The number of thiophene rings is 2. The summed E-state index contributed by atoms with van der Waals surface area (Å²) in [4.78, 5) is 3.41. The van der Waals surface area contributed by atoms with Crippen molar-refractivity contribution in [3.8, 4) is 54.7 Å². The Morgan fingerprint density at radius 1 is 0.765 bits per heavy atom. The van der Waals surface area contributed by atoms with Gasteiger partial charge in [0.15, 0.2) is 0 Å². The molecule has 0 N–H and O–H groups in total. The van der Waals surface area contributed by atoms with Crippen molar-refractivity contribution in [1.29, 1.82) is 0 Å². The second kappa shape index (κ2) is 20.0. The summed E-state index contributed by atoms with van der Waals surface area (Å²) in [5.74, 6) is 8.91. The summed E-state index contributed by atoms with van der Waals surface area (Å²) in [6, 6.07) is 21.5. The van der Waals surface area contributed by atoms with Gasteiger partial charge in [0, 0.05) is 43.8 Å². The quantitative estimate of drug-likeness (QED) is 0.0512. The molecule has 1 saturated heterocycles. The molecule has 0 bridgehead atoms. The highest BCUT2D eigenvalue weighted by Crippen LogP contribution is 2.71. The van der Waals surface area contributed by atoms with E-state index in [0.717, 1.165) is 55.4 Å². The highest BCUT2D eigenvalue weighted by Gasteiger charge is 2.62. The van der Waals surface area contributed by atoms with Crippen molar-refractivity contribution < 1.29 is 23.0 Å². The molecule has 5 rings (SSSR count). The zero-order valence-electron chi connectivity index (χ0n) is 31.4. The molecule has 1 aliphatic heterocycles. The lowest BCUT2D eigenvalue weighted by atomic mass is 10.0. The lowest BCUT2D eigenvalue weighted by molar-refractivity contribution is -0.0968. The standard InChI is InChI=1S/C43H56O5PS2/c1-7-11-13-14-15-16-17-18-20-34-21-23-35(24-22-34)40-25-26-41(50-40)36-30-39(45-31-33(9-3)19-12-8-2)37(29-38(36)44-6)42-27-28-43(51-42)49(46-10-4)47-32(5)48-49/h21-30,32-33H,7-17,19,31H2,1-6H3/q+1. The van der Waals surface area contributed by atoms with Gasteiger partial charge in [0.1, 0.15) is 11.5 Å². The fraction of sp³-hybridized carbons (Fsp3) is 0.488. The minimum absolute atomic E-state index is 0.259. The van der Waals surface area contributed by atoms with Crippen LogP contribution in [0.5, 0.6) is 11.5 Å². The average Bonchev–Trinajstić information content (AvgIpc) is 3.84. The maximum absolute atomic E-state index is 6.74. The minimum atomic E-state index is -2.52. The van der Waals surface area contributed by atoms with Crippen LogP contribution < -0.4 is 14.1 Å². The second-order valence-electron chi connectivity index (χ2n) is 13.2. The molecule has 8 heteroatoms. The van der Waals surface area contributed by atoms with E-state index in [9.17, 15) is 0 Å². The summed E-state index contributed by atoms with van der Waals surface area (Å²) in [6.07, 6.45) is 13.2. The number of rotatable bonds is 20. The molecule has 4 aromatic rings. The topological polar surface area (TPSA) is 46.2 Å². The molecule has 1 unspecified atom stereocenters. The van der Waals surface area contributed by atoms with Gasteiger partial charge >= 0.3 is 7.94 Å². The highest BCUT2D eigenvalue weighted by molar-refractivity contribution is 7.76. The smallest absolute Gasteiger partial charge is 0.465 e. The summed E-state index contributed by atoms with van der Waals surface area (Å²) >= 11 is 3.41. The summed E-state index contributed by atoms with van der Waals surface area (Å²) in [5, 5.41) is 0. The summed E-state index contributed by atoms with van der Waals surface area (Å²) in [7, 11) is -0.776. The first-order chi connectivity index (χ1) is 24.9. The van der Waals surface area contributed by atoms with Crippen molar-refractivity contribution >= 4 is 35.2 Å². The molecule has 0 amide bonds. The Hall–Kier alpha value is -2.69. The van der Waals surface area contributed by atoms with E-state index in [0.29, 0.717) is 19.1 Å². The predicted molar refractivity (Wildman–Crippen MR) is 219 cm³/mol. The third-order valence-corrected chi connectivity index (χ3v) is 14.7. The van der Waals surface area contributed by atoms with Crippen LogP contribution in [0, 0.1) is 17.8 Å². The Balaban J connectivity index is 1.38.